The van der Waals surface area contributed by atoms with E-state index in [-0.39, 0.29) is 47.3 Å². The summed E-state index contributed by atoms with van der Waals surface area (Å²) in [6.07, 6.45) is 13.7. The molecule has 0 aromatic heterocycles. The zero-order valence-corrected chi connectivity index (χ0v) is 42.8. The molecule has 0 radical (unpaired) electrons. The summed E-state index contributed by atoms with van der Waals surface area (Å²) in [5.74, 6) is -1.46. The predicted molar refractivity (Wildman–Crippen MR) is 284 cm³/mol. The van der Waals surface area contributed by atoms with Crippen molar-refractivity contribution in [1.29, 1.82) is 0 Å². The summed E-state index contributed by atoms with van der Waals surface area (Å²) in [5, 5.41) is 6.05. The summed E-state index contributed by atoms with van der Waals surface area (Å²) in [6, 6.07) is 24.5. The third kappa shape index (κ3) is 11.9. The number of imide groups is 2. The standard InChI is InChI=1S/C30H39N3O3.C29H37N3O3/c1-4-19(2)17-25(32-27(34)18-21-11-6-5-7-12-21)30(36)33-26-16-10-15-24(31)28(26)23-14-9-8-13-22(23)20(3)29(33)35;1-4-18(2)16-24(31-26(33)17-20-10-5-6-11-20)29(35)32-25-15-9-14-23(30)27(25)22-13-8-7-12-21(22)19(3)28(32)34/h8-10,13-16,19-21,25H,4-7,11-12,17-18,31H2,1-3H3,(H,32,34);7-9,12-15,18-20,24H,4-6,10-11,16-17,30H2,1-3H3,(H,31,33)/t19?,20?,25-;18?,19?,24-/m00/s1. The zero-order valence-electron chi connectivity index (χ0n) is 42.8. The Morgan fingerprint density at radius 3 is 1.30 bits per heavy atom. The van der Waals surface area contributed by atoms with E-state index in [0.29, 0.717) is 71.4 Å². The van der Waals surface area contributed by atoms with Crippen LogP contribution in [0.3, 0.4) is 0 Å². The van der Waals surface area contributed by atoms with Crippen LogP contribution in [0, 0.1) is 23.7 Å². The van der Waals surface area contributed by atoms with Gasteiger partial charge in [-0.1, -0.05) is 133 Å². The fourth-order valence-electron chi connectivity index (χ4n) is 11.2. The normalized spacial score (nSPS) is 19.5. The quantitative estimate of drug-likeness (QED) is 0.0900. The Balaban J connectivity index is 0.000000209. The van der Waals surface area contributed by atoms with Crippen LogP contribution in [0.2, 0.25) is 0 Å². The molecule has 6 atom stereocenters. The first-order chi connectivity index (χ1) is 34.1. The van der Waals surface area contributed by atoms with Gasteiger partial charge in [0.05, 0.1) is 23.2 Å². The van der Waals surface area contributed by atoms with E-state index in [1.54, 1.807) is 36.4 Å². The molecule has 2 saturated carbocycles. The molecule has 8 rings (SSSR count). The van der Waals surface area contributed by atoms with Gasteiger partial charge >= 0.3 is 0 Å². The number of rotatable bonds is 14. The van der Waals surface area contributed by atoms with E-state index in [4.69, 9.17) is 11.5 Å². The molecule has 2 aliphatic carbocycles. The SMILES string of the molecule is CCC(C)C[C@H](NC(=O)CC1CCCC1)C(=O)N1C(=O)C(C)c2ccccc2-c2c(N)cccc21.CCC(C)C[C@H](NC(=O)CC1CCCCC1)C(=O)N1C(=O)C(C)c2ccccc2-c2c(N)cccc21. The van der Waals surface area contributed by atoms with Gasteiger partial charge in [-0.2, -0.15) is 0 Å². The van der Waals surface area contributed by atoms with Gasteiger partial charge in [0, 0.05) is 35.3 Å². The van der Waals surface area contributed by atoms with Crippen molar-refractivity contribution in [2.75, 3.05) is 21.3 Å². The summed E-state index contributed by atoms with van der Waals surface area (Å²) in [7, 11) is 0. The Hall–Kier alpha value is -6.30. The molecule has 2 aliphatic heterocycles. The summed E-state index contributed by atoms with van der Waals surface area (Å²) in [5.41, 5.74) is 19.6. The van der Waals surface area contributed by atoms with Gasteiger partial charge in [-0.3, -0.25) is 28.8 Å². The van der Waals surface area contributed by atoms with Crippen LogP contribution in [0.4, 0.5) is 22.7 Å². The summed E-state index contributed by atoms with van der Waals surface area (Å²) < 4.78 is 0. The van der Waals surface area contributed by atoms with Crippen LogP contribution >= 0.6 is 0 Å². The maximum absolute atomic E-state index is 14.2. The van der Waals surface area contributed by atoms with Gasteiger partial charge in [0.2, 0.25) is 23.6 Å². The molecule has 6 amide bonds. The highest BCUT2D eigenvalue weighted by Crippen LogP contribution is 2.46. The van der Waals surface area contributed by atoms with Gasteiger partial charge in [0.1, 0.15) is 12.1 Å². The van der Waals surface area contributed by atoms with Crippen LogP contribution in [0.15, 0.2) is 84.9 Å². The Bertz CT molecular complexity index is 2580. The van der Waals surface area contributed by atoms with Gasteiger partial charge in [-0.15, -0.1) is 0 Å². The Morgan fingerprint density at radius 2 is 0.915 bits per heavy atom. The molecule has 6 N–H and O–H groups in total. The van der Waals surface area contributed by atoms with Crippen LogP contribution in [0.5, 0.6) is 0 Å². The molecule has 4 unspecified atom stereocenters. The molecule has 4 aromatic rings. The van der Waals surface area contributed by atoms with Crippen molar-refractivity contribution < 1.29 is 28.8 Å². The average molecular weight is 965 g/mol. The van der Waals surface area contributed by atoms with Crippen LogP contribution in [-0.2, 0) is 28.8 Å². The lowest BCUT2D eigenvalue weighted by atomic mass is 9.86. The number of nitrogen functional groups attached to an aromatic ring is 2. The van der Waals surface area contributed by atoms with Crippen molar-refractivity contribution in [3.63, 3.8) is 0 Å². The molecule has 2 fully saturated rings. The van der Waals surface area contributed by atoms with Crippen molar-refractivity contribution in [2.24, 2.45) is 23.7 Å². The Kier molecular flexibility index (Phi) is 17.6. The molecular weight excluding hydrogens is 889 g/mol. The number of anilines is 4. The minimum Gasteiger partial charge on any atom is -0.398 e. The highest BCUT2D eigenvalue weighted by Gasteiger charge is 2.41. The number of hydrogen-bond donors (Lipinski definition) is 4. The van der Waals surface area contributed by atoms with Crippen molar-refractivity contribution in [3.05, 3.63) is 96.1 Å². The molecule has 4 aliphatic rings. The highest BCUT2D eigenvalue weighted by atomic mass is 16.2. The largest absolute Gasteiger partial charge is 0.398 e. The number of fused-ring (bicyclic) bond motifs is 6. The molecule has 0 saturated heterocycles. The third-order valence-electron chi connectivity index (χ3n) is 15.7. The van der Waals surface area contributed by atoms with Gasteiger partial charge in [-0.05, 0) is 123 Å². The number of nitrogens with two attached hydrogens (primary N) is 2. The van der Waals surface area contributed by atoms with Crippen molar-refractivity contribution in [1.82, 2.24) is 10.6 Å². The van der Waals surface area contributed by atoms with E-state index in [0.717, 1.165) is 86.5 Å². The molecule has 2 heterocycles. The number of benzene rings is 4. The van der Waals surface area contributed by atoms with E-state index in [2.05, 4.69) is 38.3 Å². The summed E-state index contributed by atoms with van der Waals surface area (Å²) in [6.45, 7) is 11.9. The van der Waals surface area contributed by atoms with Crippen molar-refractivity contribution >= 4 is 58.2 Å². The summed E-state index contributed by atoms with van der Waals surface area (Å²) in [4.78, 5) is 84.5. The number of nitrogens with zero attached hydrogens (tertiary/aromatic N) is 2. The van der Waals surface area contributed by atoms with Crippen molar-refractivity contribution in [3.8, 4) is 22.3 Å². The molecule has 12 heteroatoms. The number of amides is 6. The molecule has 12 nitrogen and oxygen atoms in total. The van der Waals surface area contributed by atoms with Gasteiger partial charge in [0.15, 0.2) is 0 Å². The summed E-state index contributed by atoms with van der Waals surface area (Å²) >= 11 is 0. The lowest BCUT2D eigenvalue weighted by Gasteiger charge is -2.30. The minimum atomic E-state index is -0.775. The van der Waals surface area contributed by atoms with Crippen LogP contribution in [0.1, 0.15) is 161 Å². The average Bonchev–Trinajstić information content (AvgIpc) is 3.82. The number of carbonyl (C=O) groups excluding carboxylic acids is 6. The monoisotopic (exact) mass is 965 g/mol. The lowest BCUT2D eigenvalue weighted by molar-refractivity contribution is -0.132. The topological polar surface area (TPSA) is 185 Å². The molecule has 378 valence electrons. The first-order valence-corrected chi connectivity index (χ1v) is 26.4. The lowest BCUT2D eigenvalue weighted by Crippen LogP contribution is -2.52. The van der Waals surface area contributed by atoms with E-state index in [1.807, 2.05) is 62.4 Å². The number of nitrogens with one attached hydrogen (secondary N) is 2. The molecule has 0 spiro atoms. The van der Waals surface area contributed by atoms with E-state index in [9.17, 15) is 28.8 Å². The van der Waals surface area contributed by atoms with Crippen LogP contribution < -0.4 is 31.9 Å². The van der Waals surface area contributed by atoms with E-state index >= 15 is 0 Å². The first-order valence-electron chi connectivity index (χ1n) is 26.4. The minimum absolute atomic E-state index is 0.102. The molecular formula is C59H76N6O6. The Labute approximate surface area is 421 Å². The molecule has 4 aromatic carbocycles. The fourth-order valence-corrected chi connectivity index (χ4v) is 11.2. The second kappa shape index (κ2) is 23.7. The highest BCUT2D eigenvalue weighted by molar-refractivity contribution is 6.24. The second-order valence-electron chi connectivity index (χ2n) is 20.9. The molecule has 71 heavy (non-hydrogen) atoms. The van der Waals surface area contributed by atoms with Crippen molar-refractivity contribution in [2.45, 2.75) is 162 Å². The maximum Gasteiger partial charge on any atom is 0.256 e. The third-order valence-corrected chi connectivity index (χ3v) is 15.7. The molecule has 0 bridgehead atoms. The predicted octanol–water partition coefficient (Wildman–Crippen LogP) is 11.2. The van der Waals surface area contributed by atoms with E-state index in [1.165, 1.54) is 16.2 Å². The zero-order chi connectivity index (χ0) is 50.9. The second-order valence-corrected chi connectivity index (χ2v) is 20.9. The van der Waals surface area contributed by atoms with Crippen LogP contribution in [0.25, 0.3) is 22.3 Å². The smallest absolute Gasteiger partial charge is 0.256 e. The Morgan fingerprint density at radius 1 is 0.549 bits per heavy atom. The van der Waals surface area contributed by atoms with E-state index < -0.39 is 23.9 Å². The maximum atomic E-state index is 14.2. The van der Waals surface area contributed by atoms with Crippen LogP contribution in [-0.4, -0.2) is 47.5 Å². The number of carbonyl (C=O) groups is 6. The first kappa shape index (κ1) is 52.5. The fraction of sp³-hybridized carbons (Fsp3) is 0.492. The van der Waals surface area contributed by atoms with Gasteiger partial charge in [-0.25, -0.2) is 9.80 Å². The number of hydrogen-bond acceptors (Lipinski definition) is 8. The van der Waals surface area contributed by atoms with Gasteiger partial charge < -0.3 is 22.1 Å². The van der Waals surface area contributed by atoms with Gasteiger partial charge in [0.25, 0.3) is 11.8 Å².